The number of nitrogens with one attached hydrogen (secondary N) is 1. The van der Waals surface area contributed by atoms with Crippen LogP contribution in [0.4, 0.5) is 13.6 Å². The molecule has 0 aliphatic carbocycles. The third kappa shape index (κ3) is 6.72. The Morgan fingerprint density at radius 1 is 1.06 bits per heavy atom. The Morgan fingerprint density at radius 2 is 1.59 bits per heavy atom. The lowest BCUT2D eigenvalue weighted by Gasteiger charge is -2.19. The second-order valence-corrected chi connectivity index (χ2v) is 11.2. The summed E-state index contributed by atoms with van der Waals surface area (Å²) in [5, 5.41) is -0.331. The van der Waals surface area contributed by atoms with E-state index >= 15 is 8.78 Å². The van der Waals surface area contributed by atoms with E-state index in [1.54, 1.807) is 25.5 Å². The highest BCUT2D eigenvalue weighted by Gasteiger charge is 2.29. The zero-order chi connectivity index (χ0) is 24.1. The molecule has 0 saturated carbocycles. The van der Waals surface area contributed by atoms with E-state index in [1.807, 2.05) is 0 Å². The predicted octanol–water partition coefficient (Wildman–Crippen LogP) is 5.41. The van der Waals surface area contributed by atoms with Crippen LogP contribution in [0.1, 0.15) is 33.6 Å². The molecule has 1 heterocycles. The first-order chi connectivity index (χ1) is 14.9. The van der Waals surface area contributed by atoms with Crippen molar-refractivity contribution in [3.63, 3.8) is 0 Å². The van der Waals surface area contributed by atoms with Gasteiger partial charge in [-0.25, -0.2) is 26.7 Å². The first-order valence-corrected chi connectivity index (χ1v) is 12.9. The second kappa shape index (κ2) is 11.0. The number of thiophene rings is 1. The summed E-state index contributed by atoms with van der Waals surface area (Å²) in [5.74, 6) is -2.47. The van der Waals surface area contributed by atoms with Gasteiger partial charge < -0.3 is 14.2 Å². The average molecular weight is 534 g/mol. The van der Waals surface area contributed by atoms with E-state index < -0.39 is 49.1 Å². The van der Waals surface area contributed by atoms with Gasteiger partial charge in [0.05, 0.1) is 17.9 Å². The van der Waals surface area contributed by atoms with Crippen molar-refractivity contribution in [2.45, 2.75) is 43.4 Å². The summed E-state index contributed by atoms with van der Waals surface area (Å²) in [5.41, 5.74) is -0.942. The first-order valence-electron chi connectivity index (χ1n) is 9.49. The molecular formula is C19H23Cl2F2NO6S2. The molecule has 1 amide bonds. The van der Waals surface area contributed by atoms with Crippen LogP contribution in [0.15, 0.2) is 10.3 Å². The summed E-state index contributed by atoms with van der Waals surface area (Å²) in [6, 6.07) is 0.919. The molecule has 0 aliphatic rings. The van der Waals surface area contributed by atoms with Gasteiger partial charge in [-0.3, -0.25) is 0 Å². The summed E-state index contributed by atoms with van der Waals surface area (Å²) in [6.07, 6.45) is -0.484. The Hall–Kier alpha value is -1.56. The van der Waals surface area contributed by atoms with E-state index in [-0.39, 0.29) is 35.1 Å². The summed E-state index contributed by atoms with van der Waals surface area (Å²) < 4.78 is 72.1. The van der Waals surface area contributed by atoms with Gasteiger partial charge in [0, 0.05) is 17.1 Å². The van der Waals surface area contributed by atoms with E-state index in [9.17, 15) is 13.2 Å². The molecule has 0 bridgehead atoms. The Bertz CT molecular complexity index is 1020. The number of amides is 1. The van der Waals surface area contributed by atoms with Crippen molar-refractivity contribution >= 4 is 60.7 Å². The normalized spacial score (nSPS) is 12.1. The lowest BCUT2D eigenvalue weighted by Crippen LogP contribution is -2.36. The lowest BCUT2D eigenvalue weighted by molar-refractivity contribution is 0.0570. The molecule has 1 aromatic heterocycles. The largest absolute Gasteiger partial charge is 0.487 e. The van der Waals surface area contributed by atoms with Gasteiger partial charge in [0.25, 0.3) is 10.0 Å². The van der Waals surface area contributed by atoms with Crippen molar-refractivity contribution in [2.75, 3.05) is 25.0 Å². The number of benzene rings is 1. The Morgan fingerprint density at radius 3 is 2.09 bits per heavy atom. The number of rotatable bonds is 10. The van der Waals surface area contributed by atoms with Crippen LogP contribution >= 0.6 is 34.5 Å². The molecule has 0 unspecified atom stereocenters. The summed E-state index contributed by atoms with van der Waals surface area (Å²) >= 11 is 11.7. The van der Waals surface area contributed by atoms with Crippen molar-refractivity contribution in [1.82, 2.24) is 4.72 Å². The quantitative estimate of drug-likeness (QED) is 0.324. The number of carbonyl (C=O) groups excluding carboxylic acids is 1. The van der Waals surface area contributed by atoms with Crippen molar-refractivity contribution in [1.29, 1.82) is 0 Å². The number of hydrogen-bond donors (Lipinski definition) is 1. The van der Waals surface area contributed by atoms with Crippen molar-refractivity contribution in [3.05, 3.63) is 17.7 Å². The Labute approximate surface area is 199 Å². The van der Waals surface area contributed by atoms with Crippen molar-refractivity contribution in [3.8, 4) is 11.5 Å². The second-order valence-electron chi connectivity index (χ2n) is 7.48. The standard InChI is InChI=1S/C19H23Cl2F2NO6S2/c1-19(2,3)30-18(25)24-32(26,27)12-10-11-13(22)15(28-8-4-6-20)16(29-9-5-7-21)14(23)17(11)31-12/h10H,4-9H2,1-3H3,(H,24,25). The zero-order valence-electron chi connectivity index (χ0n) is 17.6. The van der Waals surface area contributed by atoms with Gasteiger partial charge in [-0.05, 0) is 39.7 Å². The molecule has 1 aromatic carbocycles. The SMILES string of the molecule is CC(C)(C)OC(=O)NS(=O)(=O)c1cc2c(F)c(OCCCCl)c(OCCCCl)c(F)c2s1. The fourth-order valence-electron chi connectivity index (χ4n) is 2.43. The highest BCUT2D eigenvalue weighted by Crippen LogP contribution is 2.44. The van der Waals surface area contributed by atoms with Crippen LogP contribution < -0.4 is 14.2 Å². The Balaban J connectivity index is 2.50. The van der Waals surface area contributed by atoms with E-state index in [0.29, 0.717) is 24.2 Å². The van der Waals surface area contributed by atoms with Crippen molar-refractivity contribution < 1.29 is 36.2 Å². The van der Waals surface area contributed by atoms with Gasteiger partial charge in [0.1, 0.15) is 9.81 Å². The third-order valence-electron chi connectivity index (χ3n) is 3.68. The fourth-order valence-corrected chi connectivity index (χ4v) is 4.91. The molecule has 1 N–H and O–H groups in total. The van der Waals surface area contributed by atoms with Crippen LogP contribution in [0.5, 0.6) is 11.5 Å². The minimum absolute atomic E-state index is 0.00599. The summed E-state index contributed by atoms with van der Waals surface area (Å²) in [4.78, 5) is 11.9. The third-order valence-corrected chi connectivity index (χ3v) is 7.13. The van der Waals surface area contributed by atoms with E-state index in [4.69, 9.17) is 37.4 Å². The van der Waals surface area contributed by atoms with E-state index in [0.717, 1.165) is 6.07 Å². The molecule has 0 fully saturated rings. The maximum absolute atomic E-state index is 15.2. The van der Waals surface area contributed by atoms with Crippen LogP contribution in [-0.4, -0.2) is 45.1 Å². The molecule has 32 heavy (non-hydrogen) atoms. The minimum Gasteiger partial charge on any atom is -0.487 e. The zero-order valence-corrected chi connectivity index (χ0v) is 20.7. The minimum atomic E-state index is -4.45. The van der Waals surface area contributed by atoms with Crippen LogP contribution in [0.3, 0.4) is 0 Å². The van der Waals surface area contributed by atoms with Gasteiger partial charge in [-0.2, -0.15) is 0 Å². The molecule has 0 radical (unpaired) electrons. The van der Waals surface area contributed by atoms with E-state index in [1.165, 1.54) is 0 Å². The molecule has 2 aromatic rings. The number of ether oxygens (including phenoxy) is 3. The molecule has 7 nitrogen and oxygen atoms in total. The molecule has 0 saturated heterocycles. The number of hydrogen-bond acceptors (Lipinski definition) is 7. The predicted molar refractivity (Wildman–Crippen MR) is 120 cm³/mol. The van der Waals surface area contributed by atoms with Crippen LogP contribution in [0, 0.1) is 11.6 Å². The van der Waals surface area contributed by atoms with E-state index in [2.05, 4.69) is 0 Å². The van der Waals surface area contributed by atoms with Gasteiger partial charge in [-0.15, -0.1) is 34.5 Å². The monoisotopic (exact) mass is 533 g/mol. The first kappa shape index (κ1) is 26.7. The van der Waals surface area contributed by atoms with Gasteiger partial charge in [0.2, 0.25) is 11.5 Å². The van der Waals surface area contributed by atoms with Crippen LogP contribution in [0.25, 0.3) is 10.1 Å². The number of fused-ring (bicyclic) bond motifs is 1. The van der Waals surface area contributed by atoms with Gasteiger partial charge in [-0.1, -0.05) is 0 Å². The van der Waals surface area contributed by atoms with Gasteiger partial charge >= 0.3 is 6.09 Å². The molecule has 2 rings (SSSR count). The molecule has 13 heteroatoms. The number of sulfonamides is 1. The highest BCUT2D eigenvalue weighted by molar-refractivity contribution is 7.92. The average Bonchev–Trinajstić information content (AvgIpc) is 3.13. The van der Waals surface area contributed by atoms with Crippen LogP contribution in [0.2, 0.25) is 0 Å². The Kier molecular flexibility index (Phi) is 9.21. The highest BCUT2D eigenvalue weighted by atomic mass is 35.5. The molecular weight excluding hydrogens is 511 g/mol. The lowest BCUT2D eigenvalue weighted by atomic mass is 10.2. The molecule has 0 spiro atoms. The summed E-state index contributed by atoms with van der Waals surface area (Å²) in [7, 11) is -4.45. The van der Waals surface area contributed by atoms with Crippen LogP contribution in [-0.2, 0) is 14.8 Å². The molecule has 180 valence electrons. The molecule has 0 atom stereocenters. The smallest absolute Gasteiger partial charge is 0.421 e. The molecule has 0 aliphatic heterocycles. The maximum Gasteiger partial charge on any atom is 0.421 e. The van der Waals surface area contributed by atoms with Gasteiger partial charge in [0.15, 0.2) is 11.6 Å². The summed E-state index contributed by atoms with van der Waals surface area (Å²) in [6.45, 7) is 4.66. The fraction of sp³-hybridized carbons (Fsp3) is 0.526. The van der Waals surface area contributed by atoms with Crippen molar-refractivity contribution in [2.24, 2.45) is 0 Å². The number of halogens is 4. The topological polar surface area (TPSA) is 90.9 Å². The number of alkyl halides is 2. The number of carbonyl (C=O) groups is 1. The maximum atomic E-state index is 15.2.